The molecular weight excluding hydrogens is 258 g/mol. The summed E-state index contributed by atoms with van der Waals surface area (Å²) < 4.78 is 4.76. The Morgan fingerprint density at radius 1 is 1.35 bits per heavy atom. The molecule has 1 fully saturated rings. The zero-order chi connectivity index (χ0) is 14.1. The summed E-state index contributed by atoms with van der Waals surface area (Å²) in [6.07, 6.45) is 2.69. The molecule has 1 saturated carbocycles. The lowest BCUT2D eigenvalue weighted by atomic mass is 9.86. The lowest BCUT2D eigenvalue weighted by molar-refractivity contribution is 0.145. The van der Waals surface area contributed by atoms with E-state index in [9.17, 15) is 4.79 Å². The molecule has 1 heterocycles. The van der Waals surface area contributed by atoms with E-state index >= 15 is 0 Å². The number of aromatic amines is 1. The fourth-order valence-electron chi connectivity index (χ4n) is 2.79. The maximum absolute atomic E-state index is 10.7. The van der Waals surface area contributed by atoms with Gasteiger partial charge in [-0.2, -0.15) is 0 Å². The zero-order valence-electron chi connectivity index (χ0n) is 11.0. The van der Waals surface area contributed by atoms with E-state index in [-0.39, 0.29) is 5.75 Å². The van der Waals surface area contributed by atoms with Crippen LogP contribution >= 0.6 is 0 Å². The molecule has 0 amide bonds. The minimum atomic E-state index is -1.33. The number of fused-ring (bicyclic) bond motifs is 1. The minimum Gasteiger partial charge on any atom is -0.449 e. The molecule has 106 valence electrons. The number of ether oxygens (including phenoxy) is 1. The van der Waals surface area contributed by atoms with Crippen molar-refractivity contribution in [2.75, 3.05) is 0 Å². The Labute approximate surface area is 115 Å². The number of para-hydroxylation sites is 1. The average Bonchev–Trinajstić information content (AvgIpc) is 2.84. The fourth-order valence-corrected chi connectivity index (χ4v) is 2.79. The number of nitrogens with zero attached hydrogens (tertiary/aromatic N) is 1. The molecule has 1 aromatic heterocycles. The molecule has 0 spiro atoms. The number of benzene rings is 1. The quantitative estimate of drug-likeness (QED) is 0.577. The van der Waals surface area contributed by atoms with Crippen LogP contribution < -0.4 is 10.5 Å². The predicted octanol–water partition coefficient (Wildman–Crippen LogP) is 2.60. The first-order valence-electron chi connectivity index (χ1n) is 6.78. The predicted molar refractivity (Wildman–Crippen MR) is 73.9 cm³/mol. The van der Waals surface area contributed by atoms with Crippen LogP contribution in [0.1, 0.15) is 37.4 Å². The molecule has 6 heteroatoms. The molecule has 1 aliphatic carbocycles. The molecule has 0 unspecified atom stereocenters. The molecule has 4 N–H and O–H groups in total. The monoisotopic (exact) mass is 275 g/mol. The molecule has 0 atom stereocenters. The van der Waals surface area contributed by atoms with Crippen LogP contribution in [0.3, 0.4) is 0 Å². The first kappa shape index (κ1) is 12.9. The Hall–Kier alpha value is -2.08. The number of hydrogen-bond donors (Lipinski definition) is 3. The Morgan fingerprint density at radius 2 is 2.10 bits per heavy atom. The molecule has 1 aliphatic rings. The molecule has 0 bridgehead atoms. The number of rotatable bonds is 2. The second-order valence-electron chi connectivity index (χ2n) is 5.25. The van der Waals surface area contributed by atoms with E-state index in [1.165, 1.54) is 0 Å². The molecule has 1 aromatic carbocycles. The highest BCUT2D eigenvalue weighted by Crippen LogP contribution is 2.33. The van der Waals surface area contributed by atoms with E-state index in [4.69, 9.17) is 15.6 Å². The molecule has 2 aromatic rings. The number of hydrogen-bond acceptors (Lipinski definition) is 4. The van der Waals surface area contributed by atoms with Crippen LogP contribution in [0.4, 0.5) is 4.79 Å². The van der Waals surface area contributed by atoms with Crippen molar-refractivity contribution < 1.29 is 14.6 Å². The van der Waals surface area contributed by atoms with Crippen molar-refractivity contribution in [2.24, 2.45) is 5.73 Å². The smallest absolute Gasteiger partial charge is 0.449 e. The lowest BCUT2D eigenvalue weighted by Gasteiger charge is -2.24. The third-order valence-corrected chi connectivity index (χ3v) is 3.85. The van der Waals surface area contributed by atoms with Crippen LogP contribution in [-0.2, 0) is 0 Å². The number of carbonyl (C=O) groups is 1. The van der Waals surface area contributed by atoms with Crippen molar-refractivity contribution in [2.45, 2.75) is 37.6 Å². The fraction of sp³-hybridized carbons (Fsp3) is 0.429. The van der Waals surface area contributed by atoms with Gasteiger partial charge in [-0.1, -0.05) is 6.07 Å². The molecular formula is C14H17N3O3. The number of imidazole rings is 1. The second-order valence-corrected chi connectivity index (χ2v) is 5.25. The molecule has 0 radical (unpaired) electrons. The van der Waals surface area contributed by atoms with Crippen molar-refractivity contribution in [3.8, 4) is 5.75 Å². The summed E-state index contributed by atoms with van der Waals surface area (Å²) in [6.45, 7) is 0. The standard InChI is InChI=1S/C14H17N3O3/c15-9-6-4-8(5-7-9)13-16-10-2-1-3-11(12(10)17-13)20-14(18)19/h1-3,8-9H,4-7,15H2,(H,16,17)(H,18,19). The van der Waals surface area contributed by atoms with Gasteiger partial charge in [-0.15, -0.1) is 0 Å². The van der Waals surface area contributed by atoms with Crippen LogP contribution in [0.25, 0.3) is 11.0 Å². The number of nitrogens with two attached hydrogens (primary N) is 1. The third-order valence-electron chi connectivity index (χ3n) is 3.85. The number of aromatic nitrogens is 2. The third kappa shape index (κ3) is 2.46. The van der Waals surface area contributed by atoms with Gasteiger partial charge in [0.1, 0.15) is 11.3 Å². The highest BCUT2D eigenvalue weighted by atomic mass is 16.7. The SMILES string of the molecule is NC1CCC(c2nc3c(OC(=O)O)cccc3[nH]2)CC1. The molecule has 20 heavy (non-hydrogen) atoms. The Kier molecular flexibility index (Phi) is 3.31. The maximum atomic E-state index is 10.7. The van der Waals surface area contributed by atoms with Crippen molar-refractivity contribution in [3.63, 3.8) is 0 Å². The van der Waals surface area contributed by atoms with Crippen molar-refractivity contribution in [1.82, 2.24) is 9.97 Å². The van der Waals surface area contributed by atoms with Gasteiger partial charge in [0, 0.05) is 12.0 Å². The first-order chi connectivity index (χ1) is 9.63. The zero-order valence-corrected chi connectivity index (χ0v) is 11.0. The Morgan fingerprint density at radius 3 is 2.80 bits per heavy atom. The Balaban J connectivity index is 1.92. The lowest BCUT2D eigenvalue weighted by Crippen LogP contribution is -2.26. The van der Waals surface area contributed by atoms with Gasteiger partial charge < -0.3 is 20.6 Å². The van der Waals surface area contributed by atoms with Crippen molar-refractivity contribution in [3.05, 3.63) is 24.0 Å². The van der Waals surface area contributed by atoms with Crippen molar-refractivity contribution in [1.29, 1.82) is 0 Å². The summed E-state index contributed by atoms with van der Waals surface area (Å²) in [5.74, 6) is 1.53. The van der Waals surface area contributed by atoms with Gasteiger partial charge in [-0.25, -0.2) is 9.78 Å². The Bertz CT molecular complexity index is 630. The van der Waals surface area contributed by atoms with Gasteiger partial charge in [0.05, 0.1) is 5.52 Å². The summed E-state index contributed by atoms with van der Waals surface area (Å²) in [6, 6.07) is 5.52. The number of nitrogens with one attached hydrogen (secondary N) is 1. The number of carboxylic acid groups (broad SMARTS) is 1. The summed E-state index contributed by atoms with van der Waals surface area (Å²) in [4.78, 5) is 18.5. The summed E-state index contributed by atoms with van der Waals surface area (Å²) in [5.41, 5.74) is 7.28. The molecule has 0 aliphatic heterocycles. The van der Waals surface area contributed by atoms with Gasteiger partial charge in [0.25, 0.3) is 0 Å². The normalized spacial score (nSPS) is 22.9. The van der Waals surface area contributed by atoms with Gasteiger partial charge in [-0.05, 0) is 37.8 Å². The molecule has 0 saturated heterocycles. The first-order valence-corrected chi connectivity index (χ1v) is 6.78. The van der Waals surface area contributed by atoms with Crippen LogP contribution in [0.5, 0.6) is 5.75 Å². The van der Waals surface area contributed by atoms with E-state index in [1.807, 2.05) is 6.07 Å². The topological polar surface area (TPSA) is 101 Å². The summed E-state index contributed by atoms with van der Waals surface area (Å²) >= 11 is 0. The van der Waals surface area contributed by atoms with E-state index < -0.39 is 6.16 Å². The largest absolute Gasteiger partial charge is 0.511 e. The van der Waals surface area contributed by atoms with Gasteiger partial charge >= 0.3 is 6.16 Å². The van der Waals surface area contributed by atoms with Gasteiger partial charge in [-0.3, -0.25) is 0 Å². The van der Waals surface area contributed by atoms with Crippen LogP contribution in [0.15, 0.2) is 18.2 Å². The van der Waals surface area contributed by atoms with Crippen LogP contribution in [0.2, 0.25) is 0 Å². The van der Waals surface area contributed by atoms with Crippen LogP contribution in [-0.4, -0.2) is 27.3 Å². The molecule has 3 rings (SSSR count). The van der Waals surface area contributed by atoms with Gasteiger partial charge in [0.15, 0.2) is 5.75 Å². The average molecular weight is 275 g/mol. The van der Waals surface area contributed by atoms with E-state index in [0.717, 1.165) is 37.0 Å². The van der Waals surface area contributed by atoms with Gasteiger partial charge in [0.2, 0.25) is 0 Å². The van der Waals surface area contributed by atoms with Crippen molar-refractivity contribution >= 4 is 17.2 Å². The second kappa shape index (κ2) is 5.13. The van der Waals surface area contributed by atoms with E-state index in [0.29, 0.717) is 17.5 Å². The van der Waals surface area contributed by atoms with Crippen LogP contribution in [0, 0.1) is 0 Å². The number of H-pyrrole nitrogens is 1. The summed E-state index contributed by atoms with van der Waals surface area (Å²) in [7, 11) is 0. The minimum absolute atomic E-state index is 0.269. The highest BCUT2D eigenvalue weighted by Gasteiger charge is 2.23. The molecule has 6 nitrogen and oxygen atoms in total. The van der Waals surface area contributed by atoms with E-state index in [1.54, 1.807) is 12.1 Å². The maximum Gasteiger partial charge on any atom is 0.511 e. The summed E-state index contributed by atoms with van der Waals surface area (Å²) in [5, 5.41) is 8.74. The highest BCUT2D eigenvalue weighted by molar-refractivity contribution is 5.83. The van der Waals surface area contributed by atoms with E-state index in [2.05, 4.69) is 9.97 Å².